The number of nitrogens with zero attached hydrogens (tertiary/aromatic N) is 2. The zero-order valence-electron chi connectivity index (χ0n) is 9.15. The normalized spacial score (nSPS) is 30.1. The minimum absolute atomic E-state index is 0.330. The summed E-state index contributed by atoms with van der Waals surface area (Å²) >= 11 is 0. The Kier molecular flexibility index (Phi) is 3.20. The molecule has 0 aliphatic carbocycles. The molecule has 1 rings (SSSR count). The van der Waals surface area contributed by atoms with Gasteiger partial charge in [-0.2, -0.15) is 17.0 Å². The predicted octanol–water partition coefficient (Wildman–Crippen LogP) is -0.0964. The highest BCUT2D eigenvalue weighted by Crippen LogP contribution is 2.26. The van der Waals surface area contributed by atoms with Crippen LogP contribution in [0.25, 0.3) is 0 Å². The van der Waals surface area contributed by atoms with E-state index in [0.717, 1.165) is 6.42 Å². The molecule has 0 radical (unpaired) electrons. The van der Waals surface area contributed by atoms with E-state index in [-0.39, 0.29) is 5.60 Å². The highest BCUT2D eigenvalue weighted by Gasteiger charge is 2.40. The first-order valence-electron chi connectivity index (χ1n) is 4.54. The lowest BCUT2D eigenvalue weighted by Gasteiger charge is -2.24. The summed E-state index contributed by atoms with van der Waals surface area (Å²) in [7, 11) is 1.42. The Bertz CT molecular complexity index is 302. The van der Waals surface area contributed by atoms with Crippen molar-refractivity contribution in [1.82, 2.24) is 8.61 Å². The fraction of sp³-hybridized carbons (Fsp3) is 1.00. The summed E-state index contributed by atoms with van der Waals surface area (Å²) in [6.07, 6.45) is 0.747. The molecule has 1 aliphatic rings. The maximum absolute atomic E-state index is 11.7. The first-order valence-corrected chi connectivity index (χ1v) is 5.94. The van der Waals surface area contributed by atoms with Crippen LogP contribution in [0.4, 0.5) is 0 Å². The van der Waals surface area contributed by atoms with E-state index in [9.17, 15) is 8.42 Å². The Balaban J connectivity index is 2.77. The van der Waals surface area contributed by atoms with Crippen molar-refractivity contribution >= 4 is 10.2 Å². The van der Waals surface area contributed by atoms with Gasteiger partial charge in [-0.3, -0.25) is 0 Å². The average Bonchev–Trinajstić information content (AvgIpc) is 2.49. The van der Waals surface area contributed by atoms with Gasteiger partial charge in [-0.25, -0.2) is 0 Å². The van der Waals surface area contributed by atoms with Crippen molar-refractivity contribution in [3.63, 3.8) is 0 Å². The van der Waals surface area contributed by atoms with Crippen LogP contribution in [0.1, 0.15) is 13.3 Å². The molecule has 14 heavy (non-hydrogen) atoms. The second kappa shape index (κ2) is 3.77. The van der Waals surface area contributed by atoms with E-state index in [1.165, 1.54) is 22.7 Å². The Labute approximate surface area is 85.8 Å². The molecular weight excluding hydrogens is 204 g/mol. The lowest BCUT2D eigenvalue weighted by Crippen LogP contribution is -2.41. The van der Waals surface area contributed by atoms with Gasteiger partial charge in [0.1, 0.15) is 0 Å². The summed E-state index contributed by atoms with van der Waals surface area (Å²) in [5.41, 5.74) is -0.330. The van der Waals surface area contributed by atoms with E-state index in [2.05, 4.69) is 0 Å². The van der Waals surface area contributed by atoms with Crippen LogP contribution in [0.5, 0.6) is 0 Å². The van der Waals surface area contributed by atoms with Gasteiger partial charge >= 0.3 is 0 Å². The monoisotopic (exact) mass is 222 g/mol. The van der Waals surface area contributed by atoms with Gasteiger partial charge in [0.05, 0.1) is 5.60 Å². The lowest BCUT2D eigenvalue weighted by molar-refractivity contribution is 0.0196. The molecule has 0 amide bonds. The number of methoxy groups -OCH3 is 1. The smallest absolute Gasteiger partial charge is 0.281 e. The first kappa shape index (κ1) is 11.9. The summed E-state index contributed by atoms with van der Waals surface area (Å²) in [6.45, 7) is 2.90. The summed E-state index contributed by atoms with van der Waals surface area (Å²) in [5, 5.41) is 0. The molecule has 0 saturated carbocycles. The molecule has 84 valence electrons. The van der Waals surface area contributed by atoms with Crippen molar-refractivity contribution in [3.8, 4) is 0 Å². The largest absolute Gasteiger partial charge is 0.377 e. The van der Waals surface area contributed by atoms with Crippen LogP contribution in [0.3, 0.4) is 0 Å². The van der Waals surface area contributed by atoms with Crippen molar-refractivity contribution in [2.24, 2.45) is 0 Å². The first-order chi connectivity index (χ1) is 6.32. The Morgan fingerprint density at radius 3 is 2.36 bits per heavy atom. The van der Waals surface area contributed by atoms with Crippen molar-refractivity contribution < 1.29 is 13.2 Å². The van der Waals surface area contributed by atoms with Crippen molar-refractivity contribution in [1.29, 1.82) is 0 Å². The maximum atomic E-state index is 11.7. The van der Waals surface area contributed by atoms with E-state index in [1.807, 2.05) is 6.92 Å². The molecule has 0 aromatic rings. The van der Waals surface area contributed by atoms with Crippen LogP contribution in [0.15, 0.2) is 0 Å². The number of ether oxygens (including phenoxy) is 1. The van der Waals surface area contributed by atoms with Crippen molar-refractivity contribution in [2.75, 3.05) is 34.3 Å². The lowest BCUT2D eigenvalue weighted by atomic mass is 10.1. The van der Waals surface area contributed by atoms with Crippen molar-refractivity contribution in [2.45, 2.75) is 18.9 Å². The number of rotatable bonds is 3. The fourth-order valence-corrected chi connectivity index (χ4v) is 2.71. The zero-order valence-corrected chi connectivity index (χ0v) is 9.97. The third kappa shape index (κ3) is 2.08. The van der Waals surface area contributed by atoms with E-state index < -0.39 is 10.2 Å². The SMILES string of the molecule is COC1(C)CCN(S(=O)(=O)N(C)C)C1. The molecule has 1 unspecified atom stereocenters. The predicted molar refractivity (Wildman–Crippen MR) is 54.2 cm³/mol. The molecule has 1 heterocycles. The quantitative estimate of drug-likeness (QED) is 0.670. The fourth-order valence-electron chi connectivity index (χ4n) is 1.49. The second-order valence-electron chi connectivity index (χ2n) is 4.03. The molecule has 1 aliphatic heterocycles. The van der Waals surface area contributed by atoms with Gasteiger partial charge < -0.3 is 4.74 Å². The van der Waals surface area contributed by atoms with Crippen LogP contribution in [0, 0.1) is 0 Å². The van der Waals surface area contributed by atoms with E-state index in [1.54, 1.807) is 7.11 Å². The molecular formula is C8H18N2O3S. The van der Waals surface area contributed by atoms with Gasteiger partial charge in [0.25, 0.3) is 10.2 Å². The molecule has 1 atom stereocenters. The summed E-state index contributed by atoms with van der Waals surface area (Å²) in [6, 6.07) is 0. The maximum Gasteiger partial charge on any atom is 0.281 e. The van der Waals surface area contributed by atoms with Gasteiger partial charge in [0.15, 0.2) is 0 Å². The van der Waals surface area contributed by atoms with Crippen LogP contribution in [-0.2, 0) is 14.9 Å². The van der Waals surface area contributed by atoms with Gasteiger partial charge in [-0.15, -0.1) is 0 Å². The summed E-state index contributed by atoms with van der Waals surface area (Å²) in [5.74, 6) is 0. The standard InChI is InChI=1S/C8H18N2O3S/c1-8(13-4)5-6-10(7-8)14(11,12)9(2)3/h5-7H2,1-4H3. The van der Waals surface area contributed by atoms with Crippen LogP contribution < -0.4 is 0 Å². The zero-order chi connectivity index (χ0) is 11.0. The minimum Gasteiger partial charge on any atom is -0.377 e. The molecule has 0 aromatic heterocycles. The second-order valence-corrected chi connectivity index (χ2v) is 6.17. The average molecular weight is 222 g/mol. The highest BCUT2D eigenvalue weighted by molar-refractivity contribution is 7.86. The van der Waals surface area contributed by atoms with Crippen LogP contribution in [0.2, 0.25) is 0 Å². The summed E-state index contributed by atoms with van der Waals surface area (Å²) in [4.78, 5) is 0. The van der Waals surface area contributed by atoms with E-state index >= 15 is 0 Å². The third-order valence-corrected chi connectivity index (χ3v) is 4.57. The van der Waals surface area contributed by atoms with Crippen LogP contribution in [-0.4, -0.2) is 56.9 Å². The van der Waals surface area contributed by atoms with E-state index in [0.29, 0.717) is 13.1 Å². The highest BCUT2D eigenvalue weighted by atomic mass is 32.2. The Hall–Kier alpha value is -0.170. The number of hydrogen-bond acceptors (Lipinski definition) is 3. The molecule has 0 N–H and O–H groups in total. The summed E-state index contributed by atoms with van der Waals surface area (Å²) < 4.78 is 31.4. The van der Waals surface area contributed by atoms with E-state index in [4.69, 9.17) is 4.74 Å². The van der Waals surface area contributed by atoms with Crippen molar-refractivity contribution in [3.05, 3.63) is 0 Å². The minimum atomic E-state index is -3.27. The van der Waals surface area contributed by atoms with Gasteiger partial charge in [0, 0.05) is 34.3 Å². The van der Waals surface area contributed by atoms with Crippen LogP contribution >= 0.6 is 0 Å². The Morgan fingerprint density at radius 2 is 2.00 bits per heavy atom. The molecule has 6 heteroatoms. The molecule has 0 spiro atoms. The van der Waals surface area contributed by atoms with Gasteiger partial charge in [0.2, 0.25) is 0 Å². The molecule has 0 bridgehead atoms. The molecule has 0 aromatic carbocycles. The van der Waals surface area contributed by atoms with Gasteiger partial charge in [-0.05, 0) is 13.3 Å². The Morgan fingerprint density at radius 1 is 1.43 bits per heavy atom. The third-order valence-electron chi connectivity index (χ3n) is 2.68. The number of hydrogen-bond donors (Lipinski definition) is 0. The topological polar surface area (TPSA) is 49.9 Å². The van der Waals surface area contributed by atoms with Gasteiger partial charge in [-0.1, -0.05) is 0 Å². The molecule has 1 fully saturated rings. The molecule has 1 saturated heterocycles. The molecule has 5 nitrogen and oxygen atoms in total.